The fourth-order valence-electron chi connectivity index (χ4n) is 3.40. The highest BCUT2D eigenvalue weighted by Crippen LogP contribution is 2.30. The third-order valence-electron chi connectivity index (χ3n) is 5.10. The minimum absolute atomic E-state index is 0.243. The number of amides is 5. The number of hydrogen-bond donors (Lipinski definition) is 2. The lowest BCUT2D eigenvalue weighted by Gasteiger charge is -2.26. The number of rotatable bonds is 7. The number of nitrogens with zero attached hydrogens (tertiary/aromatic N) is 1. The first kappa shape index (κ1) is 24.1. The molecule has 1 fully saturated rings. The van der Waals surface area contributed by atoms with E-state index in [2.05, 4.69) is 10.6 Å². The van der Waals surface area contributed by atoms with Gasteiger partial charge < -0.3 is 14.8 Å². The first-order valence-corrected chi connectivity index (χ1v) is 10.7. The van der Waals surface area contributed by atoms with Crippen LogP contribution in [-0.2, 0) is 14.4 Å². The van der Waals surface area contributed by atoms with E-state index < -0.39 is 29.6 Å². The van der Waals surface area contributed by atoms with E-state index >= 15 is 0 Å². The molecule has 0 bridgehead atoms. The Hall–Kier alpha value is -4.99. The summed E-state index contributed by atoms with van der Waals surface area (Å²) in [4.78, 5) is 50.7. The van der Waals surface area contributed by atoms with Crippen molar-refractivity contribution in [2.45, 2.75) is 0 Å². The molecule has 36 heavy (non-hydrogen) atoms. The fourth-order valence-corrected chi connectivity index (χ4v) is 3.40. The first-order valence-electron chi connectivity index (χ1n) is 10.7. The zero-order valence-corrected chi connectivity index (χ0v) is 19.0. The van der Waals surface area contributed by atoms with Gasteiger partial charge in [-0.15, -0.1) is 0 Å². The summed E-state index contributed by atoms with van der Waals surface area (Å²) in [6.45, 7) is -0.344. The van der Waals surface area contributed by atoms with Crippen LogP contribution in [0.1, 0.15) is 5.56 Å². The van der Waals surface area contributed by atoms with Crippen LogP contribution in [0.4, 0.5) is 20.6 Å². The maximum Gasteiger partial charge on any atom is 0.335 e. The van der Waals surface area contributed by atoms with Crippen LogP contribution in [0.3, 0.4) is 0 Å². The van der Waals surface area contributed by atoms with Gasteiger partial charge in [0.15, 0.2) is 18.1 Å². The summed E-state index contributed by atoms with van der Waals surface area (Å²) in [6.07, 6.45) is 1.33. The number of methoxy groups -OCH3 is 1. The van der Waals surface area contributed by atoms with Crippen molar-refractivity contribution in [1.82, 2.24) is 5.32 Å². The van der Waals surface area contributed by atoms with Gasteiger partial charge in [-0.2, -0.15) is 0 Å². The summed E-state index contributed by atoms with van der Waals surface area (Å²) in [7, 11) is 1.39. The molecule has 3 aromatic carbocycles. The van der Waals surface area contributed by atoms with Gasteiger partial charge in [0.05, 0.1) is 12.8 Å². The predicted molar refractivity (Wildman–Crippen MR) is 129 cm³/mol. The topological polar surface area (TPSA) is 114 Å². The molecule has 2 N–H and O–H groups in total. The van der Waals surface area contributed by atoms with Crippen molar-refractivity contribution >= 4 is 41.2 Å². The Balaban J connectivity index is 1.49. The Kier molecular flexibility index (Phi) is 7.05. The van der Waals surface area contributed by atoms with Crippen LogP contribution in [0.25, 0.3) is 6.08 Å². The Morgan fingerprint density at radius 1 is 1.00 bits per heavy atom. The second-order valence-corrected chi connectivity index (χ2v) is 7.55. The molecule has 4 rings (SSSR count). The van der Waals surface area contributed by atoms with E-state index in [0.29, 0.717) is 16.9 Å². The molecule has 5 amide bonds. The highest BCUT2D eigenvalue weighted by molar-refractivity contribution is 6.39. The summed E-state index contributed by atoms with van der Waals surface area (Å²) >= 11 is 0. The van der Waals surface area contributed by atoms with E-state index in [9.17, 15) is 23.6 Å². The number of imide groups is 2. The maximum absolute atomic E-state index is 13.0. The minimum atomic E-state index is -0.839. The molecular formula is C26H20FN3O6. The third kappa shape index (κ3) is 5.39. The molecule has 1 aliphatic rings. The number of barbiturate groups is 1. The normalized spacial score (nSPS) is 14.4. The number of benzene rings is 3. The summed E-state index contributed by atoms with van der Waals surface area (Å²) in [5, 5.41) is 4.74. The number of halogens is 1. The van der Waals surface area contributed by atoms with E-state index in [0.717, 1.165) is 4.90 Å². The monoisotopic (exact) mass is 489 g/mol. The average molecular weight is 489 g/mol. The molecule has 0 atom stereocenters. The molecule has 3 aromatic rings. The number of carbonyl (C=O) groups is 4. The third-order valence-corrected chi connectivity index (χ3v) is 5.10. The molecule has 182 valence electrons. The molecule has 1 heterocycles. The van der Waals surface area contributed by atoms with E-state index in [1.54, 1.807) is 36.4 Å². The highest BCUT2D eigenvalue weighted by Gasteiger charge is 2.36. The Morgan fingerprint density at radius 3 is 2.42 bits per heavy atom. The van der Waals surface area contributed by atoms with E-state index in [-0.39, 0.29) is 23.7 Å². The van der Waals surface area contributed by atoms with Crippen LogP contribution in [0.2, 0.25) is 0 Å². The number of ether oxygens (including phenoxy) is 2. The van der Waals surface area contributed by atoms with Crippen LogP contribution in [0, 0.1) is 5.82 Å². The van der Waals surface area contributed by atoms with Crippen molar-refractivity contribution in [3.63, 3.8) is 0 Å². The van der Waals surface area contributed by atoms with Crippen LogP contribution in [-0.4, -0.2) is 37.5 Å². The smallest absolute Gasteiger partial charge is 0.335 e. The van der Waals surface area contributed by atoms with Crippen molar-refractivity contribution in [3.8, 4) is 11.5 Å². The molecule has 9 nitrogen and oxygen atoms in total. The molecule has 0 spiro atoms. The standard InChI is InChI=1S/C26H20FN3O6/c1-35-22-14-16(7-12-21(22)36-15-23(31)28-18-10-8-17(27)9-11-18)13-20-24(32)29-26(34)30(25(20)33)19-5-3-2-4-6-19/h2-14H,15H2,1H3,(H,28,31)(H,29,32,34)/b20-13-. The van der Waals surface area contributed by atoms with Gasteiger partial charge in [-0.05, 0) is 60.2 Å². The molecule has 0 radical (unpaired) electrons. The molecule has 0 saturated carbocycles. The largest absolute Gasteiger partial charge is 0.493 e. The number of anilines is 2. The van der Waals surface area contributed by atoms with Crippen LogP contribution < -0.4 is 25.0 Å². The Bertz CT molecular complexity index is 1360. The quantitative estimate of drug-likeness (QED) is 0.388. The molecule has 1 saturated heterocycles. The maximum atomic E-state index is 13.0. The summed E-state index contributed by atoms with van der Waals surface area (Å²) < 4.78 is 23.9. The predicted octanol–water partition coefficient (Wildman–Crippen LogP) is 3.52. The van der Waals surface area contributed by atoms with Crippen molar-refractivity contribution in [2.75, 3.05) is 23.9 Å². The second kappa shape index (κ2) is 10.5. The van der Waals surface area contributed by atoms with Gasteiger partial charge in [-0.25, -0.2) is 14.1 Å². The van der Waals surface area contributed by atoms with Crippen molar-refractivity contribution in [2.24, 2.45) is 0 Å². The molecular weight excluding hydrogens is 469 g/mol. The van der Waals surface area contributed by atoms with Crippen LogP contribution >= 0.6 is 0 Å². The minimum Gasteiger partial charge on any atom is -0.493 e. The van der Waals surface area contributed by atoms with Gasteiger partial charge in [-0.1, -0.05) is 24.3 Å². The summed E-state index contributed by atoms with van der Waals surface area (Å²) in [5.41, 5.74) is 0.916. The Labute approximate surface area is 205 Å². The molecule has 10 heteroatoms. The van der Waals surface area contributed by atoms with Crippen LogP contribution in [0.15, 0.2) is 78.4 Å². The van der Waals surface area contributed by atoms with Gasteiger partial charge in [-0.3, -0.25) is 19.7 Å². The van der Waals surface area contributed by atoms with Crippen molar-refractivity contribution < 1.29 is 33.0 Å². The highest BCUT2D eigenvalue weighted by atomic mass is 19.1. The number of nitrogens with one attached hydrogen (secondary N) is 2. The summed E-state index contributed by atoms with van der Waals surface area (Å²) in [5.74, 6) is -1.99. The van der Waals surface area contributed by atoms with Gasteiger partial charge in [0, 0.05) is 5.69 Å². The van der Waals surface area contributed by atoms with Crippen LogP contribution in [0.5, 0.6) is 11.5 Å². The average Bonchev–Trinajstić information content (AvgIpc) is 2.87. The number of para-hydroxylation sites is 1. The van der Waals surface area contributed by atoms with Gasteiger partial charge in [0.25, 0.3) is 17.7 Å². The number of hydrogen-bond acceptors (Lipinski definition) is 6. The van der Waals surface area contributed by atoms with E-state index in [1.807, 2.05) is 0 Å². The van der Waals surface area contributed by atoms with E-state index in [4.69, 9.17) is 9.47 Å². The Morgan fingerprint density at radius 2 is 1.72 bits per heavy atom. The van der Waals surface area contributed by atoms with Gasteiger partial charge in [0.2, 0.25) is 0 Å². The molecule has 0 aliphatic carbocycles. The molecule has 0 aromatic heterocycles. The first-order chi connectivity index (χ1) is 17.4. The van der Waals surface area contributed by atoms with Gasteiger partial charge in [0.1, 0.15) is 11.4 Å². The number of carbonyl (C=O) groups excluding carboxylic acids is 4. The van der Waals surface area contributed by atoms with E-state index in [1.165, 1.54) is 49.6 Å². The number of urea groups is 1. The lowest BCUT2D eigenvalue weighted by atomic mass is 10.1. The zero-order valence-electron chi connectivity index (χ0n) is 19.0. The lowest BCUT2D eigenvalue weighted by Crippen LogP contribution is -2.54. The fraction of sp³-hybridized carbons (Fsp3) is 0.0769. The van der Waals surface area contributed by atoms with Gasteiger partial charge >= 0.3 is 6.03 Å². The molecule has 1 aliphatic heterocycles. The lowest BCUT2D eigenvalue weighted by molar-refractivity contribution is -0.122. The SMILES string of the molecule is COc1cc(/C=C2/C(=O)NC(=O)N(c3ccccc3)C2=O)ccc1OCC(=O)Nc1ccc(F)cc1. The zero-order chi connectivity index (χ0) is 25.7. The van der Waals surface area contributed by atoms with Crippen molar-refractivity contribution in [1.29, 1.82) is 0 Å². The molecule has 0 unspecified atom stereocenters. The second-order valence-electron chi connectivity index (χ2n) is 7.55. The summed E-state index contributed by atoms with van der Waals surface area (Å²) in [6, 6.07) is 17.3. The van der Waals surface area contributed by atoms with Crippen molar-refractivity contribution in [3.05, 3.63) is 89.8 Å².